The van der Waals surface area contributed by atoms with Gasteiger partial charge in [0.15, 0.2) is 5.82 Å². The van der Waals surface area contributed by atoms with Crippen LogP contribution in [-0.2, 0) is 22.6 Å². The van der Waals surface area contributed by atoms with Crippen LogP contribution in [0.15, 0.2) is 36.9 Å². The predicted molar refractivity (Wildman–Crippen MR) is 93.4 cm³/mol. The smallest absolute Gasteiger partial charge is 0.247 e. The maximum atomic E-state index is 12.7. The Hall–Kier alpha value is -3.03. The Labute approximate surface area is 146 Å². The van der Waals surface area contributed by atoms with Crippen molar-refractivity contribution >= 4 is 17.5 Å². The van der Waals surface area contributed by atoms with Gasteiger partial charge in [0.2, 0.25) is 11.8 Å². The largest absolute Gasteiger partial charge is 0.334 e. The van der Waals surface area contributed by atoms with Crippen molar-refractivity contribution < 1.29 is 9.59 Å². The predicted octanol–water partition coefficient (Wildman–Crippen LogP) is 1.55. The number of carbonyl (C=O) groups is 2. The van der Waals surface area contributed by atoms with E-state index in [2.05, 4.69) is 32.5 Å². The van der Waals surface area contributed by atoms with Crippen molar-refractivity contribution in [2.24, 2.45) is 5.92 Å². The van der Waals surface area contributed by atoms with Gasteiger partial charge in [0.1, 0.15) is 0 Å². The van der Waals surface area contributed by atoms with Gasteiger partial charge >= 0.3 is 0 Å². The molecule has 0 radical (unpaired) electrons. The lowest BCUT2D eigenvalue weighted by Crippen LogP contribution is -2.35. The van der Waals surface area contributed by atoms with Crippen molar-refractivity contribution in [3.8, 4) is 0 Å². The molecule has 8 heteroatoms. The number of benzene rings is 1. The number of amides is 2. The van der Waals surface area contributed by atoms with Crippen LogP contribution >= 0.6 is 0 Å². The molecule has 0 unspecified atom stereocenters. The Morgan fingerprint density at radius 1 is 1.40 bits per heavy atom. The Balaban J connectivity index is 2.07. The molecule has 0 fully saturated rings. The number of aromatic amines is 1. The molecule has 0 spiro atoms. The minimum absolute atomic E-state index is 0.0364. The molecule has 1 aromatic carbocycles. The van der Waals surface area contributed by atoms with E-state index in [1.165, 1.54) is 6.08 Å². The van der Waals surface area contributed by atoms with Crippen LogP contribution in [0.3, 0.4) is 0 Å². The molecule has 0 aliphatic heterocycles. The first-order chi connectivity index (χ1) is 12.0. The minimum atomic E-state index is -0.290. The number of nitrogens with one attached hydrogen (secondary N) is 2. The monoisotopic (exact) mass is 342 g/mol. The molecular weight excluding hydrogens is 320 g/mol. The quantitative estimate of drug-likeness (QED) is 0.708. The normalized spacial score (nSPS) is 10.5. The highest BCUT2D eigenvalue weighted by molar-refractivity contribution is 5.98. The average Bonchev–Trinajstić information content (AvgIpc) is 3.07. The van der Waals surface area contributed by atoms with Crippen LogP contribution in [0.4, 0.5) is 5.69 Å². The Morgan fingerprint density at radius 3 is 2.84 bits per heavy atom. The van der Waals surface area contributed by atoms with E-state index in [9.17, 15) is 9.59 Å². The molecule has 0 aliphatic carbocycles. The third kappa shape index (κ3) is 5.83. The molecule has 0 atom stereocenters. The first kappa shape index (κ1) is 18.3. The third-order valence-corrected chi connectivity index (χ3v) is 3.39. The number of tetrazole rings is 1. The van der Waals surface area contributed by atoms with Crippen LogP contribution in [0, 0.1) is 5.92 Å². The molecule has 2 N–H and O–H groups in total. The molecule has 1 aromatic heterocycles. The summed E-state index contributed by atoms with van der Waals surface area (Å²) in [5.74, 6) is 0.461. The van der Waals surface area contributed by atoms with Crippen molar-refractivity contribution in [3.05, 3.63) is 48.3 Å². The van der Waals surface area contributed by atoms with Gasteiger partial charge in [-0.1, -0.05) is 37.8 Å². The van der Waals surface area contributed by atoms with Gasteiger partial charge in [-0.15, -0.1) is 10.2 Å². The lowest BCUT2D eigenvalue weighted by atomic mass is 10.1. The van der Waals surface area contributed by atoms with Gasteiger partial charge in [-0.3, -0.25) is 9.59 Å². The standard InChI is InChI=1S/C17H22N6O2/c1-4-16(24)18-14-7-5-6-13(8-14)9-17(25)23(10-12(2)3)11-15-19-21-22-20-15/h4-8,12H,1,9-11H2,2-3H3,(H,18,24)(H,19,20,21,22). The van der Waals surface area contributed by atoms with E-state index in [-0.39, 0.29) is 18.2 Å². The Kier molecular flexibility index (Phi) is 6.39. The number of anilines is 1. The van der Waals surface area contributed by atoms with Crippen LogP contribution in [-0.4, -0.2) is 43.9 Å². The number of aromatic nitrogens is 4. The average molecular weight is 342 g/mol. The lowest BCUT2D eigenvalue weighted by molar-refractivity contribution is -0.131. The first-order valence-electron chi connectivity index (χ1n) is 8.00. The molecule has 132 valence electrons. The van der Waals surface area contributed by atoms with Crippen LogP contribution < -0.4 is 5.32 Å². The van der Waals surface area contributed by atoms with E-state index in [1.807, 2.05) is 19.9 Å². The van der Waals surface area contributed by atoms with Crippen molar-refractivity contribution in [2.45, 2.75) is 26.8 Å². The zero-order valence-electron chi connectivity index (χ0n) is 14.4. The van der Waals surface area contributed by atoms with Gasteiger partial charge in [-0.25, -0.2) is 0 Å². The second-order valence-electron chi connectivity index (χ2n) is 6.07. The summed E-state index contributed by atoms with van der Waals surface area (Å²) < 4.78 is 0. The zero-order chi connectivity index (χ0) is 18.2. The van der Waals surface area contributed by atoms with Crippen LogP contribution in [0.2, 0.25) is 0 Å². The summed E-state index contributed by atoms with van der Waals surface area (Å²) in [5, 5.41) is 16.4. The maximum absolute atomic E-state index is 12.7. The topological polar surface area (TPSA) is 104 Å². The molecule has 0 aliphatic rings. The van der Waals surface area contributed by atoms with Crippen LogP contribution in [0.5, 0.6) is 0 Å². The number of hydrogen-bond donors (Lipinski definition) is 2. The SMILES string of the molecule is C=CC(=O)Nc1cccc(CC(=O)N(Cc2nn[nH]n2)CC(C)C)c1. The number of H-pyrrole nitrogens is 1. The second-order valence-corrected chi connectivity index (χ2v) is 6.07. The third-order valence-electron chi connectivity index (χ3n) is 3.39. The number of carbonyl (C=O) groups excluding carboxylic acids is 2. The Morgan fingerprint density at radius 2 is 2.20 bits per heavy atom. The summed E-state index contributed by atoms with van der Waals surface area (Å²) in [6.07, 6.45) is 1.43. The zero-order valence-corrected chi connectivity index (χ0v) is 14.4. The Bertz CT molecular complexity index is 726. The van der Waals surface area contributed by atoms with Gasteiger partial charge in [0.05, 0.1) is 13.0 Å². The summed E-state index contributed by atoms with van der Waals surface area (Å²) in [7, 11) is 0. The van der Waals surface area contributed by atoms with Crippen molar-refractivity contribution in [2.75, 3.05) is 11.9 Å². The molecule has 1 heterocycles. The minimum Gasteiger partial charge on any atom is -0.334 e. The highest BCUT2D eigenvalue weighted by atomic mass is 16.2. The molecule has 0 bridgehead atoms. The van der Waals surface area contributed by atoms with E-state index in [0.717, 1.165) is 5.56 Å². The van der Waals surface area contributed by atoms with Gasteiger partial charge < -0.3 is 10.2 Å². The van der Waals surface area contributed by atoms with Gasteiger partial charge in [0, 0.05) is 12.2 Å². The van der Waals surface area contributed by atoms with Crippen LogP contribution in [0.25, 0.3) is 0 Å². The summed E-state index contributed by atoms with van der Waals surface area (Å²) in [6.45, 7) is 8.41. The number of nitrogens with zero attached hydrogens (tertiary/aromatic N) is 4. The number of rotatable bonds is 8. The lowest BCUT2D eigenvalue weighted by Gasteiger charge is -2.23. The van der Waals surface area contributed by atoms with Crippen LogP contribution in [0.1, 0.15) is 25.2 Å². The van der Waals surface area contributed by atoms with E-state index in [1.54, 1.807) is 23.1 Å². The highest BCUT2D eigenvalue weighted by Crippen LogP contribution is 2.13. The van der Waals surface area contributed by atoms with Gasteiger partial charge in [-0.2, -0.15) is 5.21 Å². The molecular formula is C17H22N6O2. The van der Waals surface area contributed by atoms with Gasteiger partial charge in [0.25, 0.3) is 0 Å². The maximum Gasteiger partial charge on any atom is 0.247 e. The molecule has 2 rings (SSSR count). The molecule has 25 heavy (non-hydrogen) atoms. The van der Waals surface area contributed by atoms with Crippen molar-refractivity contribution in [1.29, 1.82) is 0 Å². The van der Waals surface area contributed by atoms with E-state index >= 15 is 0 Å². The van der Waals surface area contributed by atoms with Crippen molar-refractivity contribution in [3.63, 3.8) is 0 Å². The fourth-order valence-corrected chi connectivity index (χ4v) is 2.35. The summed E-state index contributed by atoms with van der Waals surface area (Å²) in [5.41, 5.74) is 1.44. The summed E-state index contributed by atoms with van der Waals surface area (Å²) >= 11 is 0. The fraction of sp³-hybridized carbons (Fsp3) is 0.353. The molecule has 0 saturated carbocycles. The summed E-state index contributed by atoms with van der Waals surface area (Å²) in [6, 6.07) is 7.19. The molecule has 0 saturated heterocycles. The molecule has 2 aromatic rings. The van der Waals surface area contributed by atoms with Crippen molar-refractivity contribution in [1.82, 2.24) is 25.5 Å². The molecule has 2 amide bonds. The first-order valence-corrected chi connectivity index (χ1v) is 8.00. The summed E-state index contributed by atoms with van der Waals surface area (Å²) in [4.78, 5) is 25.8. The highest BCUT2D eigenvalue weighted by Gasteiger charge is 2.18. The second kappa shape index (κ2) is 8.72. The van der Waals surface area contributed by atoms with E-state index in [0.29, 0.717) is 30.5 Å². The number of hydrogen-bond acceptors (Lipinski definition) is 5. The molecule has 8 nitrogen and oxygen atoms in total. The fourth-order valence-electron chi connectivity index (χ4n) is 2.35. The van der Waals surface area contributed by atoms with E-state index in [4.69, 9.17) is 0 Å². The van der Waals surface area contributed by atoms with Gasteiger partial charge in [-0.05, 0) is 29.7 Å². The van der Waals surface area contributed by atoms with E-state index < -0.39 is 0 Å².